The third-order valence-electron chi connectivity index (χ3n) is 6.64. The van der Waals surface area contributed by atoms with Crippen LogP contribution in [0.4, 0.5) is 0 Å². The molecular formula is C21H41N5O7. The molecule has 11 atom stereocenters. The first-order chi connectivity index (χ1) is 15.6. The lowest BCUT2D eigenvalue weighted by atomic mass is 9.83. The molecule has 11 N–H and O–H groups in total. The fourth-order valence-electron chi connectivity index (χ4n) is 4.86. The third-order valence-corrected chi connectivity index (χ3v) is 6.64. The van der Waals surface area contributed by atoms with Crippen molar-refractivity contribution in [2.75, 3.05) is 26.7 Å². The largest absolute Gasteiger partial charge is 0.467 e. The Hall–Kier alpha value is -0.900. The summed E-state index contributed by atoms with van der Waals surface area (Å²) in [5.41, 5.74) is 16.9. The minimum atomic E-state index is -1.28. The molecule has 12 nitrogen and oxygen atoms in total. The van der Waals surface area contributed by atoms with Gasteiger partial charge in [0.1, 0.15) is 35.8 Å². The SMILES string of the molecule is CCN[C@H]1C[C@@H](N)[C@@H](O[C@@H]2OC(CN)=CC[C@@H]2N)[C@H](O)[C@H]1OC1OC[C@](C)(O)[C@H](NC)C1O. The van der Waals surface area contributed by atoms with Crippen LogP contribution in [-0.2, 0) is 18.9 Å². The van der Waals surface area contributed by atoms with Crippen LogP contribution in [-0.4, -0.2) is 109 Å². The maximum Gasteiger partial charge on any atom is 0.215 e. The second-order valence-electron chi connectivity index (χ2n) is 9.31. The first-order valence-electron chi connectivity index (χ1n) is 11.6. The average Bonchev–Trinajstić information content (AvgIpc) is 2.76. The van der Waals surface area contributed by atoms with E-state index in [-0.39, 0.29) is 19.2 Å². The van der Waals surface area contributed by atoms with E-state index in [1.165, 1.54) is 0 Å². The molecule has 2 fully saturated rings. The molecule has 2 aliphatic heterocycles. The summed E-state index contributed by atoms with van der Waals surface area (Å²) >= 11 is 0. The van der Waals surface area contributed by atoms with Gasteiger partial charge in [-0.15, -0.1) is 0 Å². The van der Waals surface area contributed by atoms with Gasteiger partial charge in [0.15, 0.2) is 6.29 Å². The molecular weight excluding hydrogens is 434 g/mol. The Morgan fingerprint density at radius 2 is 1.85 bits per heavy atom. The quantitative estimate of drug-likeness (QED) is 0.175. The van der Waals surface area contributed by atoms with Crippen molar-refractivity contribution in [3.05, 3.63) is 11.8 Å². The normalized spacial score (nSPS) is 46.5. The van der Waals surface area contributed by atoms with Crippen LogP contribution in [0.2, 0.25) is 0 Å². The van der Waals surface area contributed by atoms with Gasteiger partial charge in [-0.3, -0.25) is 0 Å². The fraction of sp³-hybridized carbons (Fsp3) is 0.905. The van der Waals surface area contributed by atoms with E-state index in [1.807, 2.05) is 13.0 Å². The fourth-order valence-corrected chi connectivity index (χ4v) is 4.86. The molecule has 1 saturated carbocycles. The molecule has 33 heavy (non-hydrogen) atoms. The maximum atomic E-state index is 11.3. The highest BCUT2D eigenvalue weighted by Crippen LogP contribution is 2.31. The molecule has 2 unspecified atom stereocenters. The van der Waals surface area contributed by atoms with Gasteiger partial charge in [0.25, 0.3) is 0 Å². The van der Waals surface area contributed by atoms with E-state index >= 15 is 0 Å². The van der Waals surface area contributed by atoms with E-state index in [0.29, 0.717) is 25.1 Å². The molecule has 12 heteroatoms. The Balaban J connectivity index is 1.75. The predicted molar refractivity (Wildman–Crippen MR) is 120 cm³/mol. The van der Waals surface area contributed by atoms with Gasteiger partial charge in [-0.25, -0.2) is 0 Å². The van der Waals surface area contributed by atoms with Crippen LogP contribution >= 0.6 is 0 Å². The lowest BCUT2D eigenvalue weighted by molar-refractivity contribution is -0.304. The van der Waals surface area contributed by atoms with Crippen LogP contribution in [0.25, 0.3) is 0 Å². The zero-order valence-electron chi connectivity index (χ0n) is 19.6. The van der Waals surface area contributed by atoms with Crippen molar-refractivity contribution in [1.29, 1.82) is 0 Å². The molecule has 3 aliphatic rings. The molecule has 0 spiro atoms. The van der Waals surface area contributed by atoms with Gasteiger partial charge in [0, 0.05) is 12.1 Å². The number of aliphatic hydroxyl groups is 3. The Bertz CT molecular complexity index is 669. The lowest BCUT2D eigenvalue weighted by Gasteiger charge is -2.49. The topological polar surface area (TPSA) is 200 Å². The van der Waals surface area contributed by atoms with Crippen molar-refractivity contribution >= 4 is 0 Å². The Kier molecular flexibility index (Phi) is 9.08. The number of ether oxygens (including phenoxy) is 4. The van der Waals surface area contributed by atoms with Crippen molar-refractivity contribution in [2.45, 2.75) is 93.5 Å². The molecule has 1 aliphatic carbocycles. The summed E-state index contributed by atoms with van der Waals surface area (Å²) in [6.07, 6.45) is -3.05. The van der Waals surface area contributed by atoms with Gasteiger partial charge in [-0.1, -0.05) is 6.92 Å². The van der Waals surface area contributed by atoms with Crippen LogP contribution in [0.3, 0.4) is 0 Å². The number of nitrogens with two attached hydrogens (primary N) is 3. The van der Waals surface area contributed by atoms with Crippen molar-refractivity contribution in [1.82, 2.24) is 10.6 Å². The van der Waals surface area contributed by atoms with Gasteiger partial charge in [0.05, 0.1) is 25.2 Å². The van der Waals surface area contributed by atoms with Crippen LogP contribution in [0.15, 0.2) is 11.8 Å². The molecule has 0 bridgehead atoms. The summed E-state index contributed by atoms with van der Waals surface area (Å²) in [5, 5.41) is 38.8. The van der Waals surface area contributed by atoms with E-state index in [9.17, 15) is 15.3 Å². The summed E-state index contributed by atoms with van der Waals surface area (Å²) < 4.78 is 23.6. The van der Waals surface area contributed by atoms with E-state index < -0.39 is 60.7 Å². The zero-order valence-corrected chi connectivity index (χ0v) is 19.6. The smallest absolute Gasteiger partial charge is 0.215 e. The van der Waals surface area contributed by atoms with Crippen LogP contribution in [0.1, 0.15) is 26.7 Å². The standard InChI is InChI=1S/C21H41N5O7/c1-4-26-13-7-12(24)16(32-19-11(23)6-5-10(8-22)31-19)14(27)17(13)33-20-15(28)18(25-3)21(2,29)9-30-20/h5,11-20,25-29H,4,6-9,22-24H2,1-3H3/t11-,12+,13-,14-,15?,16+,17-,18+,19-,20?,21-/m0/s1. The number of likely N-dealkylation sites (N-methyl/N-ethyl adjacent to an activating group) is 2. The molecule has 0 aromatic rings. The molecule has 0 aromatic carbocycles. The van der Waals surface area contributed by atoms with Crippen molar-refractivity contribution < 1.29 is 34.3 Å². The first-order valence-corrected chi connectivity index (χ1v) is 11.6. The van der Waals surface area contributed by atoms with Gasteiger partial charge in [0.2, 0.25) is 6.29 Å². The summed E-state index contributed by atoms with van der Waals surface area (Å²) in [6.45, 7) is 4.30. The minimum absolute atomic E-state index is 0.0483. The number of aliphatic hydroxyl groups excluding tert-OH is 2. The molecule has 0 amide bonds. The van der Waals surface area contributed by atoms with Crippen LogP contribution < -0.4 is 27.8 Å². The number of hydrogen-bond acceptors (Lipinski definition) is 12. The maximum absolute atomic E-state index is 11.3. The summed E-state index contributed by atoms with van der Waals surface area (Å²) in [7, 11) is 1.64. The number of rotatable bonds is 8. The number of hydrogen-bond donors (Lipinski definition) is 8. The Labute approximate surface area is 194 Å². The molecule has 0 aromatic heterocycles. The highest BCUT2D eigenvalue weighted by atomic mass is 16.7. The lowest BCUT2D eigenvalue weighted by Crippen LogP contribution is -2.69. The van der Waals surface area contributed by atoms with Crippen molar-refractivity contribution in [2.24, 2.45) is 17.2 Å². The predicted octanol–water partition coefficient (Wildman–Crippen LogP) is -3.20. The third kappa shape index (κ3) is 5.85. The summed E-state index contributed by atoms with van der Waals surface area (Å²) in [6, 6.07) is -1.95. The molecule has 3 rings (SSSR count). The highest BCUT2D eigenvalue weighted by molar-refractivity contribution is 5.05. The second kappa shape index (κ2) is 11.2. The summed E-state index contributed by atoms with van der Waals surface area (Å²) in [4.78, 5) is 0. The average molecular weight is 476 g/mol. The minimum Gasteiger partial charge on any atom is -0.467 e. The van der Waals surface area contributed by atoms with Crippen molar-refractivity contribution in [3.63, 3.8) is 0 Å². The van der Waals surface area contributed by atoms with Gasteiger partial charge >= 0.3 is 0 Å². The molecule has 192 valence electrons. The molecule has 2 heterocycles. The van der Waals surface area contributed by atoms with E-state index in [1.54, 1.807) is 14.0 Å². The Morgan fingerprint density at radius 1 is 1.15 bits per heavy atom. The van der Waals surface area contributed by atoms with Crippen molar-refractivity contribution in [3.8, 4) is 0 Å². The zero-order chi connectivity index (χ0) is 24.3. The Morgan fingerprint density at radius 3 is 2.48 bits per heavy atom. The molecule has 1 saturated heterocycles. The molecule has 0 radical (unpaired) electrons. The van der Waals surface area contributed by atoms with Gasteiger partial charge < -0.3 is 62.1 Å². The van der Waals surface area contributed by atoms with Crippen LogP contribution in [0.5, 0.6) is 0 Å². The summed E-state index contributed by atoms with van der Waals surface area (Å²) in [5.74, 6) is 0.572. The van der Waals surface area contributed by atoms with Gasteiger partial charge in [-0.05, 0) is 39.4 Å². The van der Waals surface area contributed by atoms with E-state index in [4.69, 9.17) is 36.1 Å². The second-order valence-corrected chi connectivity index (χ2v) is 9.31. The van der Waals surface area contributed by atoms with E-state index in [0.717, 1.165) is 0 Å². The van der Waals surface area contributed by atoms with Crippen LogP contribution in [0, 0.1) is 0 Å². The highest BCUT2D eigenvalue weighted by Gasteiger charge is 2.51. The first kappa shape index (κ1) is 26.7. The number of nitrogens with one attached hydrogen (secondary N) is 2. The monoisotopic (exact) mass is 475 g/mol. The van der Waals surface area contributed by atoms with Gasteiger partial charge in [-0.2, -0.15) is 0 Å². The van der Waals surface area contributed by atoms with E-state index in [2.05, 4.69) is 10.6 Å².